The SMILES string of the molecule is CN(C)S(=O)(=O)c1ccc(Nc2nn(C3CCN(S(=O)(=O)CC(F)(F)F)CC3CC#N)c3cc[nH]c(=O)c23)cc1. The Kier molecular flexibility index (Phi) is 8.00. The van der Waals surface area contributed by atoms with E-state index in [1.165, 1.54) is 49.2 Å². The summed E-state index contributed by atoms with van der Waals surface area (Å²) in [6.45, 7) is -0.536. The molecule has 1 aromatic carbocycles. The molecule has 1 saturated heterocycles. The number of H-pyrrole nitrogens is 1. The molecule has 17 heteroatoms. The van der Waals surface area contributed by atoms with Crippen molar-refractivity contribution >= 4 is 42.5 Å². The minimum Gasteiger partial charge on any atom is -0.338 e. The molecular formula is C23H26F3N7O5S2. The number of hydrogen-bond acceptors (Lipinski definition) is 8. The van der Waals surface area contributed by atoms with E-state index >= 15 is 0 Å². The van der Waals surface area contributed by atoms with Crippen molar-refractivity contribution in [1.29, 1.82) is 5.26 Å². The number of alkyl halides is 3. The van der Waals surface area contributed by atoms with Gasteiger partial charge < -0.3 is 10.3 Å². The molecule has 216 valence electrons. The Morgan fingerprint density at radius 1 is 1.18 bits per heavy atom. The third kappa shape index (κ3) is 5.99. The van der Waals surface area contributed by atoms with Crippen LogP contribution in [0.5, 0.6) is 0 Å². The molecule has 0 amide bonds. The van der Waals surface area contributed by atoms with E-state index in [1.54, 1.807) is 6.07 Å². The van der Waals surface area contributed by atoms with Gasteiger partial charge in [0.1, 0.15) is 5.39 Å². The Morgan fingerprint density at radius 3 is 2.45 bits per heavy atom. The second-order valence-electron chi connectivity index (χ2n) is 9.50. The van der Waals surface area contributed by atoms with Crippen molar-refractivity contribution in [1.82, 2.24) is 23.4 Å². The number of nitrogens with one attached hydrogen (secondary N) is 2. The van der Waals surface area contributed by atoms with E-state index in [0.29, 0.717) is 11.2 Å². The van der Waals surface area contributed by atoms with Crippen molar-refractivity contribution in [3.63, 3.8) is 0 Å². The first-order valence-electron chi connectivity index (χ1n) is 11.9. The van der Waals surface area contributed by atoms with Gasteiger partial charge in [-0.05, 0) is 36.8 Å². The highest BCUT2D eigenvalue weighted by atomic mass is 32.2. The van der Waals surface area contributed by atoms with Crippen LogP contribution in [-0.4, -0.2) is 79.3 Å². The van der Waals surface area contributed by atoms with E-state index in [9.17, 15) is 40.1 Å². The highest BCUT2D eigenvalue weighted by Crippen LogP contribution is 2.36. The maximum Gasteiger partial charge on any atom is 0.404 e. The van der Waals surface area contributed by atoms with Gasteiger partial charge in [-0.2, -0.15) is 23.5 Å². The summed E-state index contributed by atoms with van der Waals surface area (Å²) in [5.41, 5.74) is 0.312. The van der Waals surface area contributed by atoms with E-state index < -0.39 is 49.5 Å². The third-order valence-electron chi connectivity index (χ3n) is 6.59. The van der Waals surface area contributed by atoms with Crippen LogP contribution in [0.2, 0.25) is 0 Å². The molecule has 2 unspecified atom stereocenters. The van der Waals surface area contributed by atoms with Crippen LogP contribution in [-0.2, 0) is 20.0 Å². The van der Waals surface area contributed by atoms with Gasteiger partial charge in [-0.3, -0.25) is 9.48 Å². The lowest BCUT2D eigenvalue weighted by Gasteiger charge is -2.37. The fourth-order valence-corrected chi connectivity index (χ4v) is 6.97. The molecule has 2 atom stereocenters. The molecule has 12 nitrogen and oxygen atoms in total. The number of sulfonamides is 2. The highest BCUT2D eigenvalue weighted by molar-refractivity contribution is 7.89. The van der Waals surface area contributed by atoms with Crippen LogP contribution in [0.3, 0.4) is 0 Å². The molecule has 2 aromatic heterocycles. The average molecular weight is 602 g/mol. The number of aromatic nitrogens is 3. The molecule has 1 aliphatic heterocycles. The zero-order chi connectivity index (χ0) is 29.5. The van der Waals surface area contributed by atoms with Crippen molar-refractivity contribution in [3.05, 3.63) is 46.9 Å². The predicted molar refractivity (Wildman–Crippen MR) is 140 cm³/mol. The summed E-state index contributed by atoms with van der Waals surface area (Å²) < 4.78 is 91.4. The number of rotatable bonds is 8. The zero-order valence-corrected chi connectivity index (χ0v) is 23.0. The molecule has 0 aliphatic carbocycles. The molecule has 4 rings (SSSR count). The van der Waals surface area contributed by atoms with Crippen molar-refractivity contribution < 1.29 is 30.0 Å². The van der Waals surface area contributed by atoms with E-state index in [-0.39, 0.29) is 42.0 Å². The van der Waals surface area contributed by atoms with Crippen LogP contribution >= 0.6 is 0 Å². The van der Waals surface area contributed by atoms with E-state index in [0.717, 1.165) is 8.61 Å². The van der Waals surface area contributed by atoms with Crippen LogP contribution in [0.25, 0.3) is 10.9 Å². The molecule has 0 spiro atoms. The van der Waals surface area contributed by atoms with Gasteiger partial charge in [0.25, 0.3) is 5.56 Å². The Bertz CT molecular complexity index is 1710. The Labute approximate surface area is 228 Å². The van der Waals surface area contributed by atoms with Crippen LogP contribution in [0, 0.1) is 17.2 Å². The number of hydrogen-bond donors (Lipinski definition) is 2. The van der Waals surface area contributed by atoms with Crippen LogP contribution in [0.4, 0.5) is 24.7 Å². The maximum atomic E-state index is 12.9. The number of halogens is 3. The number of nitriles is 1. The number of benzene rings is 1. The van der Waals surface area contributed by atoms with Crippen LogP contribution < -0.4 is 10.9 Å². The van der Waals surface area contributed by atoms with Crippen molar-refractivity contribution in [2.45, 2.75) is 30.0 Å². The molecule has 0 bridgehead atoms. The summed E-state index contributed by atoms with van der Waals surface area (Å²) in [4.78, 5) is 15.4. The first kappa shape index (κ1) is 29.5. The lowest BCUT2D eigenvalue weighted by atomic mass is 9.91. The molecule has 1 aliphatic rings. The first-order chi connectivity index (χ1) is 18.6. The third-order valence-corrected chi connectivity index (χ3v) is 10.2. The second-order valence-corrected chi connectivity index (χ2v) is 13.6. The van der Waals surface area contributed by atoms with Crippen molar-refractivity contribution in [3.8, 4) is 6.07 Å². The number of nitrogens with zero attached hydrogens (tertiary/aromatic N) is 5. The lowest BCUT2D eigenvalue weighted by molar-refractivity contribution is -0.107. The quantitative estimate of drug-likeness (QED) is 0.398. The van der Waals surface area contributed by atoms with Gasteiger partial charge in [-0.15, -0.1) is 0 Å². The fourth-order valence-electron chi connectivity index (χ4n) is 4.67. The summed E-state index contributed by atoms with van der Waals surface area (Å²) in [7, 11) is -5.50. The number of fused-ring (bicyclic) bond motifs is 1. The fraction of sp³-hybridized carbons (Fsp3) is 0.435. The second kappa shape index (κ2) is 10.8. The Hall–Kier alpha value is -3.46. The van der Waals surface area contributed by atoms with Gasteiger partial charge >= 0.3 is 6.18 Å². The molecular weight excluding hydrogens is 575 g/mol. The van der Waals surface area contributed by atoms with E-state index in [2.05, 4.69) is 15.4 Å². The topological polar surface area (TPSA) is 161 Å². The zero-order valence-electron chi connectivity index (χ0n) is 21.4. The number of aromatic amines is 1. The molecule has 2 N–H and O–H groups in total. The van der Waals surface area contributed by atoms with Crippen molar-refractivity contribution in [2.75, 3.05) is 38.3 Å². The minimum absolute atomic E-state index is 0.0582. The average Bonchev–Trinajstić information content (AvgIpc) is 3.22. The number of anilines is 2. The molecule has 0 radical (unpaired) electrons. The van der Waals surface area contributed by atoms with Gasteiger partial charge in [0.2, 0.25) is 20.0 Å². The van der Waals surface area contributed by atoms with Gasteiger partial charge in [-0.25, -0.2) is 25.4 Å². The van der Waals surface area contributed by atoms with Gasteiger partial charge in [0, 0.05) is 51.4 Å². The van der Waals surface area contributed by atoms with Crippen molar-refractivity contribution in [2.24, 2.45) is 5.92 Å². The Morgan fingerprint density at radius 2 is 1.85 bits per heavy atom. The number of piperidine rings is 1. The summed E-state index contributed by atoms with van der Waals surface area (Å²) in [5, 5.41) is 17.1. The van der Waals surface area contributed by atoms with Gasteiger partial charge in [0.05, 0.1) is 22.5 Å². The number of pyridine rings is 1. The molecule has 3 aromatic rings. The smallest absolute Gasteiger partial charge is 0.338 e. The molecule has 3 heterocycles. The normalized spacial score (nSPS) is 19.1. The summed E-state index contributed by atoms with van der Waals surface area (Å²) >= 11 is 0. The summed E-state index contributed by atoms with van der Waals surface area (Å²) in [6.07, 6.45) is -3.61. The van der Waals surface area contributed by atoms with Gasteiger partial charge in [-0.1, -0.05) is 0 Å². The van der Waals surface area contributed by atoms with Crippen LogP contribution in [0.1, 0.15) is 18.9 Å². The standard InChI is InChI=1S/C23H26F3N7O5S2/c1-31(2)40(37,38)17-5-3-16(4-6-17)29-21-20-19(8-11-28-22(20)34)33(30-21)18-9-12-32(13-15(18)7-10-27)39(35,36)14-23(24,25)26/h3-6,8,11,15,18H,7,9,12-14H2,1-2H3,(H,28,34)(H,29,30). The molecule has 0 saturated carbocycles. The van der Waals surface area contributed by atoms with E-state index in [1.807, 2.05) is 6.07 Å². The molecule has 1 fully saturated rings. The van der Waals surface area contributed by atoms with Gasteiger partial charge in [0.15, 0.2) is 11.6 Å². The van der Waals surface area contributed by atoms with Crippen LogP contribution in [0.15, 0.2) is 46.2 Å². The Balaban J connectivity index is 1.68. The summed E-state index contributed by atoms with van der Waals surface area (Å²) in [5.74, 6) is -2.57. The maximum absolute atomic E-state index is 12.9. The molecule has 40 heavy (non-hydrogen) atoms. The largest absolute Gasteiger partial charge is 0.404 e. The lowest BCUT2D eigenvalue weighted by Crippen LogP contribution is -2.47. The first-order valence-corrected chi connectivity index (χ1v) is 15.0. The van der Waals surface area contributed by atoms with E-state index in [4.69, 9.17) is 0 Å². The minimum atomic E-state index is -4.91. The monoisotopic (exact) mass is 601 g/mol. The highest BCUT2D eigenvalue weighted by Gasteiger charge is 2.42. The predicted octanol–water partition coefficient (Wildman–Crippen LogP) is 2.39. The summed E-state index contributed by atoms with van der Waals surface area (Å²) in [6, 6.07) is 8.74.